The molecule has 0 spiro atoms. The number of benzene rings is 1. The Morgan fingerprint density at radius 1 is 1.27 bits per heavy atom. The highest BCUT2D eigenvalue weighted by Crippen LogP contribution is 2.32. The van der Waals surface area contributed by atoms with E-state index in [1.165, 1.54) is 11.3 Å². The largest absolute Gasteiger partial charge is 0.240 e. The molecule has 0 aliphatic rings. The standard InChI is InChI=1S/C10H6Cl3NS/c11-4-7-5-15-10(14-7)8-3-6(12)1-2-9(8)13/h1-3,5H,4H2. The van der Waals surface area contributed by atoms with E-state index in [4.69, 9.17) is 34.8 Å². The molecule has 15 heavy (non-hydrogen) atoms. The first kappa shape index (κ1) is 11.2. The normalized spacial score (nSPS) is 10.6. The Labute approximate surface area is 107 Å². The highest BCUT2D eigenvalue weighted by Gasteiger charge is 2.08. The number of aromatic nitrogens is 1. The van der Waals surface area contributed by atoms with Gasteiger partial charge in [-0.05, 0) is 18.2 Å². The van der Waals surface area contributed by atoms with Crippen molar-refractivity contribution in [3.63, 3.8) is 0 Å². The molecule has 0 unspecified atom stereocenters. The van der Waals surface area contributed by atoms with Crippen LogP contribution in [0.4, 0.5) is 0 Å². The lowest BCUT2D eigenvalue weighted by Crippen LogP contribution is -1.81. The minimum Gasteiger partial charge on any atom is -0.240 e. The number of rotatable bonds is 2. The average Bonchev–Trinajstić information content (AvgIpc) is 2.70. The monoisotopic (exact) mass is 277 g/mol. The maximum Gasteiger partial charge on any atom is 0.125 e. The fourth-order valence-corrected chi connectivity index (χ4v) is 2.67. The minimum absolute atomic E-state index is 0.411. The number of hydrogen-bond donors (Lipinski definition) is 0. The summed E-state index contributed by atoms with van der Waals surface area (Å²) in [4.78, 5) is 4.34. The Kier molecular flexibility index (Phi) is 3.52. The smallest absolute Gasteiger partial charge is 0.125 e. The van der Waals surface area contributed by atoms with Crippen LogP contribution >= 0.6 is 46.1 Å². The van der Waals surface area contributed by atoms with E-state index in [1.54, 1.807) is 18.2 Å². The molecule has 2 rings (SSSR count). The van der Waals surface area contributed by atoms with Crippen LogP contribution in [0.5, 0.6) is 0 Å². The summed E-state index contributed by atoms with van der Waals surface area (Å²) in [5.41, 5.74) is 1.71. The van der Waals surface area contributed by atoms with Crippen LogP contribution in [-0.2, 0) is 5.88 Å². The third-order valence-corrected chi connectivity index (χ3v) is 3.61. The molecule has 0 N–H and O–H groups in total. The summed E-state index contributed by atoms with van der Waals surface area (Å²) in [6.07, 6.45) is 0. The van der Waals surface area contributed by atoms with Gasteiger partial charge < -0.3 is 0 Å². The molecule has 5 heteroatoms. The topological polar surface area (TPSA) is 12.9 Å². The van der Waals surface area contributed by atoms with Gasteiger partial charge in [-0.15, -0.1) is 22.9 Å². The molecule has 78 valence electrons. The van der Waals surface area contributed by atoms with Crippen LogP contribution < -0.4 is 0 Å². The second kappa shape index (κ2) is 4.71. The van der Waals surface area contributed by atoms with Gasteiger partial charge in [0.25, 0.3) is 0 Å². The molecule has 0 atom stereocenters. The summed E-state index contributed by atoms with van der Waals surface area (Å²) >= 11 is 19.2. The van der Waals surface area contributed by atoms with E-state index in [1.807, 2.05) is 5.38 Å². The average molecular weight is 279 g/mol. The number of hydrogen-bond acceptors (Lipinski definition) is 2. The molecule has 0 saturated heterocycles. The summed E-state index contributed by atoms with van der Waals surface area (Å²) < 4.78 is 0. The Hall–Kier alpha value is -0.280. The highest BCUT2D eigenvalue weighted by molar-refractivity contribution is 7.13. The first-order valence-corrected chi connectivity index (χ1v) is 6.33. The third kappa shape index (κ3) is 2.45. The van der Waals surface area contributed by atoms with Gasteiger partial charge in [-0.2, -0.15) is 0 Å². The quantitative estimate of drug-likeness (QED) is 0.715. The van der Waals surface area contributed by atoms with Gasteiger partial charge >= 0.3 is 0 Å². The Bertz CT molecular complexity index is 481. The molecule has 1 nitrogen and oxygen atoms in total. The molecule has 0 fully saturated rings. The maximum absolute atomic E-state index is 6.06. The van der Waals surface area contributed by atoms with Crippen molar-refractivity contribution in [3.05, 3.63) is 39.3 Å². The zero-order valence-corrected chi connectivity index (χ0v) is 10.6. The second-order valence-electron chi connectivity index (χ2n) is 2.90. The first-order valence-electron chi connectivity index (χ1n) is 4.16. The molecule has 1 heterocycles. The Balaban J connectivity index is 2.48. The van der Waals surface area contributed by atoms with E-state index >= 15 is 0 Å². The number of thiazole rings is 1. The van der Waals surface area contributed by atoms with Crippen molar-refractivity contribution in [2.75, 3.05) is 0 Å². The van der Waals surface area contributed by atoms with Gasteiger partial charge in [-0.3, -0.25) is 0 Å². The van der Waals surface area contributed by atoms with Crippen LogP contribution in [0.2, 0.25) is 10.0 Å². The molecule has 0 amide bonds. The van der Waals surface area contributed by atoms with E-state index in [-0.39, 0.29) is 0 Å². The van der Waals surface area contributed by atoms with Crippen molar-refractivity contribution in [3.8, 4) is 10.6 Å². The molecular formula is C10H6Cl3NS. The molecule has 0 bridgehead atoms. The van der Waals surface area contributed by atoms with Crippen LogP contribution in [0, 0.1) is 0 Å². The van der Waals surface area contributed by atoms with Crippen LogP contribution in [0.15, 0.2) is 23.6 Å². The lowest BCUT2D eigenvalue weighted by Gasteiger charge is -2.00. The summed E-state index contributed by atoms with van der Waals surface area (Å²) in [7, 11) is 0. The molecule has 1 aromatic carbocycles. The molecule has 2 aromatic rings. The second-order valence-corrected chi connectivity index (χ2v) is 4.87. The van der Waals surface area contributed by atoms with Gasteiger partial charge in [0, 0.05) is 16.0 Å². The van der Waals surface area contributed by atoms with Crippen LogP contribution in [-0.4, -0.2) is 4.98 Å². The zero-order valence-electron chi connectivity index (χ0n) is 7.51. The van der Waals surface area contributed by atoms with Gasteiger partial charge in [-0.1, -0.05) is 23.2 Å². The van der Waals surface area contributed by atoms with Gasteiger partial charge in [0.15, 0.2) is 0 Å². The Morgan fingerprint density at radius 3 is 2.73 bits per heavy atom. The zero-order chi connectivity index (χ0) is 10.8. The van der Waals surface area contributed by atoms with Crippen molar-refractivity contribution < 1.29 is 0 Å². The summed E-state index contributed by atoms with van der Waals surface area (Å²) in [6, 6.07) is 5.32. The maximum atomic E-state index is 6.06. The van der Waals surface area contributed by atoms with E-state index in [2.05, 4.69) is 4.98 Å². The first-order chi connectivity index (χ1) is 7.20. The van der Waals surface area contributed by atoms with Crippen LogP contribution in [0.25, 0.3) is 10.6 Å². The van der Waals surface area contributed by atoms with Crippen molar-refractivity contribution in [1.29, 1.82) is 0 Å². The van der Waals surface area contributed by atoms with Crippen molar-refractivity contribution in [2.45, 2.75) is 5.88 Å². The van der Waals surface area contributed by atoms with Crippen molar-refractivity contribution in [2.24, 2.45) is 0 Å². The molecule has 0 aliphatic heterocycles. The van der Waals surface area contributed by atoms with Gasteiger partial charge in [-0.25, -0.2) is 4.98 Å². The third-order valence-electron chi connectivity index (χ3n) is 1.85. The predicted molar refractivity (Wildman–Crippen MR) is 67.1 cm³/mol. The number of halogens is 3. The van der Waals surface area contributed by atoms with E-state index in [0.29, 0.717) is 15.9 Å². The highest BCUT2D eigenvalue weighted by atomic mass is 35.5. The van der Waals surface area contributed by atoms with Crippen molar-refractivity contribution >= 4 is 46.1 Å². The molecule has 0 aliphatic carbocycles. The van der Waals surface area contributed by atoms with Gasteiger partial charge in [0.1, 0.15) is 5.01 Å². The molecule has 0 radical (unpaired) electrons. The number of nitrogens with zero attached hydrogens (tertiary/aromatic N) is 1. The Morgan fingerprint density at radius 2 is 2.07 bits per heavy atom. The predicted octanol–water partition coefficient (Wildman–Crippen LogP) is 4.86. The summed E-state index contributed by atoms with van der Waals surface area (Å²) in [6.45, 7) is 0. The van der Waals surface area contributed by atoms with Gasteiger partial charge in [0.2, 0.25) is 0 Å². The van der Waals surface area contributed by atoms with E-state index in [9.17, 15) is 0 Å². The minimum atomic E-state index is 0.411. The molecular weight excluding hydrogens is 273 g/mol. The number of alkyl halides is 1. The lowest BCUT2D eigenvalue weighted by atomic mass is 10.2. The van der Waals surface area contributed by atoms with E-state index < -0.39 is 0 Å². The van der Waals surface area contributed by atoms with Gasteiger partial charge in [0.05, 0.1) is 16.6 Å². The lowest BCUT2D eigenvalue weighted by molar-refractivity contribution is 1.23. The van der Waals surface area contributed by atoms with Crippen molar-refractivity contribution in [1.82, 2.24) is 4.98 Å². The molecule has 0 saturated carbocycles. The van der Waals surface area contributed by atoms with E-state index in [0.717, 1.165) is 16.3 Å². The fourth-order valence-electron chi connectivity index (χ4n) is 1.15. The fraction of sp³-hybridized carbons (Fsp3) is 0.100. The summed E-state index contributed by atoms with van der Waals surface area (Å²) in [5.74, 6) is 0.411. The van der Waals surface area contributed by atoms with Crippen LogP contribution in [0.3, 0.4) is 0 Å². The molecule has 1 aromatic heterocycles. The summed E-state index contributed by atoms with van der Waals surface area (Å²) in [5, 5.41) is 4.06. The van der Waals surface area contributed by atoms with Crippen LogP contribution in [0.1, 0.15) is 5.69 Å². The SMILES string of the molecule is ClCc1csc(-c2cc(Cl)ccc2Cl)n1.